The third-order valence-corrected chi connectivity index (χ3v) is 3.86. The number of carbonyl (C=O) groups excluding carboxylic acids is 1. The summed E-state index contributed by atoms with van der Waals surface area (Å²) in [6.45, 7) is 0. The Morgan fingerprint density at radius 3 is 2.68 bits per heavy atom. The number of nitrogens with one attached hydrogen (secondary N) is 2. The van der Waals surface area contributed by atoms with E-state index < -0.39 is 6.10 Å². The molecule has 1 aromatic heterocycles. The van der Waals surface area contributed by atoms with Crippen LogP contribution in [-0.4, -0.2) is 38.3 Å². The van der Waals surface area contributed by atoms with E-state index in [-0.39, 0.29) is 12.1 Å². The number of carbonyl (C=O) groups is 1. The van der Waals surface area contributed by atoms with Gasteiger partial charge >= 0.3 is 6.03 Å². The molecule has 7 heteroatoms. The van der Waals surface area contributed by atoms with Gasteiger partial charge < -0.3 is 15.7 Å². The Bertz CT molecular complexity index is 611. The van der Waals surface area contributed by atoms with E-state index in [1.54, 1.807) is 29.2 Å². The van der Waals surface area contributed by atoms with Crippen molar-refractivity contribution in [3.05, 3.63) is 36.7 Å². The molecule has 0 bridgehead atoms. The van der Waals surface area contributed by atoms with Crippen molar-refractivity contribution in [3.63, 3.8) is 0 Å². The average molecular weight is 301 g/mol. The third-order valence-electron chi connectivity index (χ3n) is 3.86. The van der Waals surface area contributed by atoms with Crippen LogP contribution in [0.5, 0.6) is 0 Å². The highest BCUT2D eigenvalue weighted by atomic mass is 16.3. The second kappa shape index (κ2) is 6.57. The summed E-state index contributed by atoms with van der Waals surface area (Å²) in [6, 6.07) is 6.84. The van der Waals surface area contributed by atoms with Gasteiger partial charge in [0, 0.05) is 5.69 Å². The number of benzene rings is 1. The molecule has 0 spiro atoms. The molecular weight excluding hydrogens is 282 g/mol. The zero-order valence-electron chi connectivity index (χ0n) is 12.1. The van der Waals surface area contributed by atoms with Crippen LogP contribution in [0.3, 0.4) is 0 Å². The van der Waals surface area contributed by atoms with Gasteiger partial charge in [-0.25, -0.2) is 9.48 Å². The first-order valence-corrected chi connectivity index (χ1v) is 7.45. The number of urea groups is 1. The van der Waals surface area contributed by atoms with Crippen LogP contribution in [0.4, 0.5) is 10.5 Å². The van der Waals surface area contributed by atoms with Crippen LogP contribution >= 0.6 is 0 Å². The summed E-state index contributed by atoms with van der Waals surface area (Å²) in [6.07, 6.45) is 6.53. The van der Waals surface area contributed by atoms with Crippen molar-refractivity contribution < 1.29 is 9.90 Å². The Balaban J connectivity index is 1.57. The lowest BCUT2D eigenvalue weighted by Gasteiger charge is -2.28. The Kier molecular flexibility index (Phi) is 4.34. The molecule has 2 atom stereocenters. The molecule has 1 aromatic carbocycles. The van der Waals surface area contributed by atoms with Crippen LogP contribution in [0, 0.1) is 0 Å². The fourth-order valence-corrected chi connectivity index (χ4v) is 2.66. The van der Waals surface area contributed by atoms with Crippen LogP contribution in [0.1, 0.15) is 25.7 Å². The van der Waals surface area contributed by atoms with Gasteiger partial charge in [-0.2, -0.15) is 0 Å². The fourth-order valence-electron chi connectivity index (χ4n) is 2.66. The standard InChI is InChI=1S/C15H19N5O2/c21-14-4-2-1-3-13(14)18-15(22)17-11-5-7-12(8-6-11)20-10-9-16-19-20/h5-10,13-14,21H,1-4H2,(H2,17,18,22). The largest absolute Gasteiger partial charge is 0.391 e. The first-order chi connectivity index (χ1) is 10.7. The molecule has 3 rings (SSSR count). The lowest BCUT2D eigenvalue weighted by Crippen LogP contribution is -2.46. The van der Waals surface area contributed by atoms with Crippen molar-refractivity contribution in [1.29, 1.82) is 0 Å². The number of aliphatic hydroxyl groups excluding tert-OH is 1. The summed E-state index contributed by atoms with van der Waals surface area (Å²) in [5, 5.41) is 23.1. The highest BCUT2D eigenvalue weighted by Crippen LogP contribution is 2.18. The molecule has 1 aliphatic rings. The molecule has 2 amide bonds. The Morgan fingerprint density at radius 2 is 2.00 bits per heavy atom. The van der Waals surface area contributed by atoms with Crippen LogP contribution in [0.2, 0.25) is 0 Å². The number of hydrogen-bond donors (Lipinski definition) is 3. The second-order valence-corrected chi connectivity index (χ2v) is 5.45. The van der Waals surface area contributed by atoms with Crippen molar-refractivity contribution in [2.75, 3.05) is 5.32 Å². The van der Waals surface area contributed by atoms with E-state index in [9.17, 15) is 9.90 Å². The van der Waals surface area contributed by atoms with E-state index in [1.807, 2.05) is 12.1 Å². The summed E-state index contributed by atoms with van der Waals surface area (Å²) in [5.41, 5.74) is 1.55. The molecule has 116 valence electrons. The SMILES string of the molecule is O=C(Nc1ccc(-n2ccnn2)cc1)NC1CCCCC1O. The van der Waals surface area contributed by atoms with Crippen LogP contribution < -0.4 is 10.6 Å². The average Bonchev–Trinajstić information content (AvgIpc) is 3.05. The summed E-state index contributed by atoms with van der Waals surface area (Å²) in [5.74, 6) is 0. The molecule has 22 heavy (non-hydrogen) atoms. The molecule has 3 N–H and O–H groups in total. The van der Waals surface area contributed by atoms with E-state index in [4.69, 9.17) is 0 Å². The molecule has 1 fully saturated rings. The second-order valence-electron chi connectivity index (χ2n) is 5.45. The lowest BCUT2D eigenvalue weighted by molar-refractivity contribution is 0.0955. The number of nitrogens with zero attached hydrogens (tertiary/aromatic N) is 3. The summed E-state index contributed by atoms with van der Waals surface area (Å²) in [7, 11) is 0. The van der Waals surface area contributed by atoms with E-state index >= 15 is 0 Å². The molecule has 0 saturated heterocycles. The summed E-state index contributed by atoms with van der Waals surface area (Å²) in [4.78, 5) is 12.0. The minimum Gasteiger partial charge on any atom is -0.391 e. The minimum absolute atomic E-state index is 0.164. The van der Waals surface area contributed by atoms with Crippen molar-refractivity contribution >= 4 is 11.7 Å². The molecule has 0 aliphatic heterocycles. The molecule has 1 aliphatic carbocycles. The lowest BCUT2D eigenvalue weighted by atomic mass is 9.93. The highest BCUT2D eigenvalue weighted by molar-refractivity contribution is 5.89. The minimum atomic E-state index is -0.450. The molecular formula is C15H19N5O2. The molecule has 1 heterocycles. The van der Waals surface area contributed by atoms with Crippen molar-refractivity contribution in [2.45, 2.75) is 37.8 Å². The highest BCUT2D eigenvalue weighted by Gasteiger charge is 2.24. The van der Waals surface area contributed by atoms with Gasteiger partial charge in [0.1, 0.15) is 0 Å². The molecule has 1 saturated carbocycles. The van der Waals surface area contributed by atoms with Crippen molar-refractivity contribution in [2.24, 2.45) is 0 Å². The van der Waals surface area contributed by atoms with Gasteiger partial charge in [-0.3, -0.25) is 0 Å². The maximum Gasteiger partial charge on any atom is 0.319 e. The Hall–Kier alpha value is -2.41. The normalized spacial score (nSPS) is 21.3. The fraction of sp³-hybridized carbons (Fsp3) is 0.400. The maximum absolute atomic E-state index is 12.0. The van der Waals surface area contributed by atoms with Crippen LogP contribution in [-0.2, 0) is 0 Å². The predicted molar refractivity (Wildman–Crippen MR) is 81.8 cm³/mol. The summed E-state index contributed by atoms with van der Waals surface area (Å²) < 4.78 is 1.64. The number of aromatic nitrogens is 3. The van der Waals surface area contributed by atoms with Gasteiger partial charge in [0.05, 0.1) is 30.2 Å². The van der Waals surface area contributed by atoms with Gasteiger partial charge in [0.2, 0.25) is 0 Å². The predicted octanol–water partition coefficient (Wildman–Crippen LogP) is 1.69. The first kappa shape index (κ1) is 14.5. The zero-order chi connectivity index (χ0) is 15.4. The van der Waals surface area contributed by atoms with E-state index in [0.29, 0.717) is 5.69 Å². The van der Waals surface area contributed by atoms with Gasteiger partial charge in [0.25, 0.3) is 0 Å². The van der Waals surface area contributed by atoms with Gasteiger partial charge in [-0.05, 0) is 37.1 Å². The monoisotopic (exact) mass is 301 g/mol. The molecule has 7 nitrogen and oxygen atoms in total. The first-order valence-electron chi connectivity index (χ1n) is 7.45. The molecule has 0 radical (unpaired) electrons. The number of rotatable bonds is 3. The third kappa shape index (κ3) is 3.43. The number of aliphatic hydroxyl groups is 1. The molecule has 2 unspecified atom stereocenters. The topological polar surface area (TPSA) is 92.1 Å². The van der Waals surface area contributed by atoms with E-state index in [1.165, 1.54) is 0 Å². The number of amides is 2. The Labute approximate surface area is 128 Å². The van der Waals surface area contributed by atoms with E-state index in [2.05, 4.69) is 20.9 Å². The van der Waals surface area contributed by atoms with Gasteiger partial charge in [0.15, 0.2) is 0 Å². The number of hydrogen-bond acceptors (Lipinski definition) is 4. The summed E-state index contributed by atoms with van der Waals surface area (Å²) >= 11 is 0. The van der Waals surface area contributed by atoms with Gasteiger partial charge in [-0.1, -0.05) is 18.1 Å². The van der Waals surface area contributed by atoms with Crippen molar-refractivity contribution in [1.82, 2.24) is 20.3 Å². The van der Waals surface area contributed by atoms with Crippen LogP contribution in [0.25, 0.3) is 5.69 Å². The Morgan fingerprint density at radius 1 is 1.23 bits per heavy atom. The number of anilines is 1. The molecule has 2 aromatic rings. The van der Waals surface area contributed by atoms with Gasteiger partial charge in [-0.15, -0.1) is 5.10 Å². The van der Waals surface area contributed by atoms with E-state index in [0.717, 1.165) is 31.4 Å². The smallest absolute Gasteiger partial charge is 0.319 e. The zero-order valence-corrected chi connectivity index (χ0v) is 12.1. The van der Waals surface area contributed by atoms with Crippen LogP contribution in [0.15, 0.2) is 36.7 Å². The van der Waals surface area contributed by atoms with Crippen molar-refractivity contribution in [3.8, 4) is 5.69 Å². The maximum atomic E-state index is 12.0. The quantitative estimate of drug-likeness (QED) is 0.804.